The van der Waals surface area contributed by atoms with E-state index in [9.17, 15) is 9.18 Å². The molecule has 0 amide bonds. The minimum absolute atomic E-state index is 0.105. The van der Waals surface area contributed by atoms with Crippen LogP contribution in [0.5, 0.6) is 5.88 Å². The number of allylic oxidation sites excluding steroid dienone is 2. The molecular weight excluding hydrogens is 641 g/mol. The zero-order chi connectivity index (χ0) is 36.3. The Kier molecular flexibility index (Phi) is 18.4. The molecule has 4 rings (SSSR count). The van der Waals surface area contributed by atoms with Gasteiger partial charge in [-0.1, -0.05) is 75.7 Å². The summed E-state index contributed by atoms with van der Waals surface area (Å²) in [6, 6.07) is 13.7. The number of carbonyl (C=O) groups is 1. The van der Waals surface area contributed by atoms with E-state index in [1.54, 1.807) is 31.4 Å². The van der Waals surface area contributed by atoms with Gasteiger partial charge < -0.3 is 14.6 Å². The lowest BCUT2D eigenvalue weighted by molar-refractivity contribution is 0.0690. The second-order valence-corrected chi connectivity index (χ2v) is 13.1. The molecule has 0 aliphatic carbocycles. The fraction of sp³-hybridized carbons (Fsp3) is 0.425. The van der Waals surface area contributed by atoms with Crippen molar-refractivity contribution in [2.75, 3.05) is 19.6 Å². The summed E-state index contributed by atoms with van der Waals surface area (Å²) in [5.74, 6) is 1.04. The van der Waals surface area contributed by atoms with Crippen molar-refractivity contribution in [3.05, 3.63) is 124 Å². The number of likely N-dealkylation sites (tertiary alicyclic amines) is 1. The molecule has 0 atom stereocenters. The number of benzene rings is 1. The molecule has 1 N–H and O–H groups in total. The fourth-order valence-corrected chi connectivity index (χ4v) is 4.93. The van der Waals surface area contributed by atoms with Crippen molar-refractivity contribution in [1.29, 1.82) is 0 Å². The van der Waals surface area contributed by atoms with Crippen LogP contribution in [0.15, 0.2) is 85.4 Å². The number of nitrogens with zero attached hydrogens (tertiary/aromatic N) is 3. The van der Waals surface area contributed by atoms with Crippen molar-refractivity contribution >= 4 is 17.6 Å². The number of piperidine rings is 1. The molecule has 1 aliphatic rings. The molecule has 0 bridgehead atoms. The Morgan fingerprint density at radius 3 is 2.43 bits per heavy atom. The number of halogens is 2. The Morgan fingerprint density at radius 2 is 1.84 bits per heavy atom. The number of rotatable bonds is 13. The molecule has 0 saturated carbocycles. The third-order valence-corrected chi connectivity index (χ3v) is 7.95. The quantitative estimate of drug-likeness (QED) is 0.141. The number of hydrogen-bond acceptors (Lipinski definition) is 6. The third kappa shape index (κ3) is 16.3. The van der Waals surface area contributed by atoms with Crippen molar-refractivity contribution in [3.8, 4) is 5.88 Å². The van der Waals surface area contributed by atoms with Crippen LogP contribution in [0.4, 0.5) is 4.39 Å². The van der Waals surface area contributed by atoms with Crippen LogP contribution < -0.4 is 4.74 Å². The van der Waals surface area contributed by atoms with Gasteiger partial charge in [0.15, 0.2) is 0 Å². The Hall–Kier alpha value is -4.01. The lowest BCUT2D eigenvalue weighted by atomic mass is 9.93. The van der Waals surface area contributed by atoms with Gasteiger partial charge >= 0.3 is 5.97 Å². The largest absolute Gasteiger partial charge is 0.477 e. The van der Waals surface area contributed by atoms with Gasteiger partial charge in [-0.3, -0.25) is 4.90 Å². The molecule has 0 spiro atoms. The van der Waals surface area contributed by atoms with Gasteiger partial charge in [-0.05, 0) is 94.9 Å². The molecule has 1 saturated heterocycles. The summed E-state index contributed by atoms with van der Waals surface area (Å²) in [6.45, 7) is 23.2. The van der Waals surface area contributed by atoms with Crippen molar-refractivity contribution in [3.63, 3.8) is 0 Å². The summed E-state index contributed by atoms with van der Waals surface area (Å²) in [5.41, 5.74) is 4.60. The Balaban J connectivity index is 0.000000301. The number of carboxylic acids is 1. The maximum Gasteiger partial charge on any atom is 0.354 e. The maximum atomic E-state index is 13.9. The van der Waals surface area contributed by atoms with Gasteiger partial charge in [0.05, 0.1) is 12.0 Å². The Bertz CT molecular complexity index is 1530. The SMILES string of the molecule is C=C(C)CN1CCC(c2cccc(OCc3ccc(Cl)cc3F)n2)CC1.C=C(CCCC)O/C=C\C(C)C.Cc1ccc(C(=O)O)nc1C. The minimum atomic E-state index is -0.979. The molecule has 0 radical (unpaired) electrons. The molecular formula is C40H53ClFN3O4. The van der Waals surface area contributed by atoms with E-state index in [0.29, 0.717) is 28.3 Å². The van der Waals surface area contributed by atoms with Crippen LogP contribution in [0.25, 0.3) is 0 Å². The molecule has 7 nitrogen and oxygen atoms in total. The van der Waals surface area contributed by atoms with Crippen LogP contribution in [0.3, 0.4) is 0 Å². The van der Waals surface area contributed by atoms with E-state index in [1.165, 1.54) is 24.1 Å². The van der Waals surface area contributed by atoms with E-state index in [0.717, 1.165) is 68.0 Å². The predicted octanol–water partition coefficient (Wildman–Crippen LogP) is 10.5. The molecule has 1 aromatic carbocycles. The average Bonchev–Trinajstić information content (AvgIpc) is 3.05. The van der Waals surface area contributed by atoms with Gasteiger partial charge in [0.1, 0.15) is 18.1 Å². The minimum Gasteiger partial charge on any atom is -0.477 e. The van der Waals surface area contributed by atoms with Gasteiger partial charge in [0.25, 0.3) is 0 Å². The normalized spacial score (nSPS) is 13.2. The summed E-state index contributed by atoms with van der Waals surface area (Å²) in [4.78, 5) is 21.3. The first-order valence-electron chi connectivity index (χ1n) is 16.9. The van der Waals surface area contributed by atoms with E-state index in [4.69, 9.17) is 26.2 Å². The highest BCUT2D eigenvalue weighted by Gasteiger charge is 2.21. The van der Waals surface area contributed by atoms with Crippen LogP contribution in [0.2, 0.25) is 5.02 Å². The molecule has 3 heterocycles. The zero-order valence-electron chi connectivity index (χ0n) is 30.0. The number of hydrogen-bond donors (Lipinski definition) is 1. The van der Waals surface area contributed by atoms with Gasteiger partial charge in [0, 0.05) is 46.9 Å². The van der Waals surface area contributed by atoms with Crippen molar-refractivity contribution in [1.82, 2.24) is 14.9 Å². The number of pyridine rings is 2. The molecule has 9 heteroatoms. The second kappa shape index (κ2) is 21.9. The summed E-state index contributed by atoms with van der Waals surface area (Å²) in [7, 11) is 0. The van der Waals surface area contributed by atoms with E-state index in [1.807, 2.05) is 25.1 Å². The molecule has 1 aliphatic heterocycles. The van der Waals surface area contributed by atoms with E-state index in [2.05, 4.69) is 61.8 Å². The van der Waals surface area contributed by atoms with E-state index in [-0.39, 0.29) is 18.1 Å². The van der Waals surface area contributed by atoms with Crippen LogP contribution in [-0.2, 0) is 11.3 Å². The highest BCUT2D eigenvalue weighted by molar-refractivity contribution is 6.30. The molecule has 0 unspecified atom stereocenters. The summed E-state index contributed by atoms with van der Waals surface area (Å²) in [5, 5.41) is 8.92. The zero-order valence-corrected chi connectivity index (χ0v) is 30.7. The first-order chi connectivity index (χ1) is 23.3. The number of unbranched alkanes of at least 4 members (excludes halogenated alkanes) is 1. The topological polar surface area (TPSA) is 84.8 Å². The number of ether oxygens (including phenoxy) is 2. The monoisotopic (exact) mass is 693 g/mol. The van der Waals surface area contributed by atoms with Crippen molar-refractivity contribution < 1.29 is 23.8 Å². The van der Waals surface area contributed by atoms with Crippen LogP contribution >= 0.6 is 11.6 Å². The van der Waals surface area contributed by atoms with Crippen LogP contribution in [-0.4, -0.2) is 45.6 Å². The van der Waals surface area contributed by atoms with E-state index < -0.39 is 5.97 Å². The molecule has 266 valence electrons. The first kappa shape index (κ1) is 41.2. The Morgan fingerprint density at radius 1 is 1.12 bits per heavy atom. The van der Waals surface area contributed by atoms with Crippen LogP contribution in [0, 0.1) is 25.6 Å². The van der Waals surface area contributed by atoms with Gasteiger partial charge in [-0.2, -0.15) is 0 Å². The third-order valence-electron chi connectivity index (χ3n) is 7.71. The van der Waals surface area contributed by atoms with Crippen molar-refractivity contribution in [2.45, 2.75) is 86.2 Å². The number of aromatic nitrogens is 2. The standard InChI is InChI=1S/C21H24ClFN2O.C11H20O.C8H9NO2/c1-15(2)13-25-10-8-16(9-11-25)20-4-3-5-21(24-20)26-14-17-6-7-18(22)12-19(17)23;1-5-6-7-11(4)12-9-8-10(2)3;1-5-3-4-7(8(10)11)9-6(5)2/h3-7,12,16H,1,8-11,13-14H2,2H3;8-10H,4-7H2,1-3H3;3-4H,1-2H3,(H,10,11)/b;9-8-;. The van der Waals surface area contributed by atoms with Gasteiger partial charge in [-0.15, -0.1) is 0 Å². The lowest BCUT2D eigenvalue weighted by Gasteiger charge is -2.31. The summed E-state index contributed by atoms with van der Waals surface area (Å²) in [6.07, 6.45) is 9.24. The number of aryl methyl sites for hydroxylation is 2. The van der Waals surface area contributed by atoms with Gasteiger partial charge in [-0.25, -0.2) is 19.2 Å². The number of carboxylic acid groups (broad SMARTS) is 1. The first-order valence-corrected chi connectivity index (χ1v) is 17.3. The highest BCUT2D eigenvalue weighted by atomic mass is 35.5. The van der Waals surface area contributed by atoms with E-state index >= 15 is 0 Å². The summed E-state index contributed by atoms with van der Waals surface area (Å²) >= 11 is 5.78. The smallest absolute Gasteiger partial charge is 0.354 e. The van der Waals surface area contributed by atoms with Gasteiger partial charge in [0.2, 0.25) is 5.88 Å². The lowest BCUT2D eigenvalue weighted by Crippen LogP contribution is -2.34. The van der Waals surface area contributed by atoms with Crippen LogP contribution in [0.1, 0.15) is 98.7 Å². The maximum absolute atomic E-state index is 13.9. The molecule has 3 aromatic rings. The highest BCUT2D eigenvalue weighted by Crippen LogP contribution is 2.28. The second-order valence-electron chi connectivity index (χ2n) is 12.7. The molecule has 1 fully saturated rings. The molecule has 2 aromatic heterocycles. The fourth-order valence-electron chi connectivity index (χ4n) is 4.77. The summed E-state index contributed by atoms with van der Waals surface area (Å²) < 4.78 is 24.8. The average molecular weight is 694 g/mol. The van der Waals surface area contributed by atoms with Crippen molar-refractivity contribution in [2.24, 2.45) is 5.92 Å². The predicted molar refractivity (Wildman–Crippen MR) is 198 cm³/mol. The molecule has 49 heavy (non-hydrogen) atoms. The number of aromatic carboxylic acids is 1. The Labute approximate surface area is 297 Å².